The average molecular weight is 319 g/mol. The van der Waals surface area contributed by atoms with Gasteiger partial charge in [-0.15, -0.1) is 0 Å². The fourth-order valence-electron chi connectivity index (χ4n) is 2.31. The molecule has 0 amide bonds. The third-order valence-corrected chi connectivity index (χ3v) is 4.26. The molecule has 0 spiro atoms. The van der Waals surface area contributed by atoms with Gasteiger partial charge in [0.05, 0.1) is 5.69 Å². The van der Waals surface area contributed by atoms with E-state index in [9.17, 15) is 0 Å². The van der Waals surface area contributed by atoms with E-state index < -0.39 is 0 Å². The van der Waals surface area contributed by atoms with Crippen LogP contribution in [-0.4, -0.2) is 21.6 Å². The third kappa shape index (κ3) is 1.99. The predicted octanol–water partition coefficient (Wildman–Crippen LogP) is 3.05. The van der Waals surface area contributed by atoms with Crippen molar-refractivity contribution in [2.24, 2.45) is 7.05 Å². The highest BCUT2D eigenvalue weighted by Crippen LogP contribution is 2.30. The molecule has 0 aliphatic heterocycles. The van der Waals surface area contributed by atoms with Crippen molar-refractivity contribution in [2.75, 3.05) is 7.05 Å². The zero-order chi connectivity index (χ0) is 13.4. The molecule has 0 saturated heterocycles. The van der Waals surface area contributed by atoms with E-state index in [1.54, 1.807) is 0 Å². The minimum atomic E-state index is 0.747. The summed E-state index contributed by atoms with van der Waals surface area (Å²) in [4.78, 5) is 8.02. The third-order valence-electron chi connectivity index (χ3n) is 3.27. The lowest BCUT2D eigenvalue weighted by Crippen LogP contribution is -2.05. The van der Waals surface area contributed by atoms with Crippen LogP contribution in [0.15, 0.2) is 35.1 Å². The molecule has 0 radical (unpaired) electrons. The van der Waals surface area contributed by atoms with Crippen LogP contribution < -0.4 is 5.32 Å². The van der Waals surface area contributed by atoms with E-state index in [-0.39, 0.29) is 0 Å². The van der Waals surface area contributed by atoms with Crippen molar-refractivity contribution < 1.29 is 0 Å². The predicted molar refractivity (Wildman–Crippen MR) is 81.0 cm³/mol. The number of rotatable bonds is 3. The van der Waals surface area contributed by atoms with Gasteiger partial charge < -0.3 is 14.9 Å². The quantitative estimate of drug-likeness (QED) is 0.779. The van der Waals surface area contributed by atoms with Crippen LogP contribution in [0.25, 0.3) is 22.3 Å². The van der Waals surface area contributed by atoms with Gasteiger partial charge in [-0.1, -0.05) is 18.2 Å². The maximum atomic E-state index is 4.73. The fourth-order valence-corrected chi connectivity index (χ4v) is 2.71. The van der Waals surface area contributed by atoms with E-state index in [1.165, 1.54) is 5.39 Å². The molecule has 2 aromatic heterocycles. The van der Waals surface area contributed by atoms with Gasteiger partial charge in [0.15, 0.2) is 0 Å². The summed E-state index contributed by atoms with van der Waals surface area (Å²) in [5.74, 6) is 0.967. The maximum absolute atomic E-state index is 4.73. The van der Waals surface area contributed by atoms with Crippen molar-refractivity contribution >= 4 is 26.8 Å². The van der Waals surface area contributed by atoms with Crippen molar-refractivity contribution in [2.45, 2.75) is 6.54 Å². The van der Waals surface area contributed by atoms with E-state index in [1.807, 2.05) is 32.4 Å². The Labute approximate surface area is 120 Å². The SMILES string of the molecule is CNCc1nc(-c2c[nH]c3ccccc23)n(C)c1Br. The summed E-state index contributed by atoms with van der Waals surface area (Å²) in [5.41, 5.74) is 3.28. The van der Waals surface area contributed by atoms with Crippen LogP contribution in [0.4, 0.5) is 0 Å². The molecular formula is C14H15BrN4. The first-order chi connectivity index (χ1) is 9.22. The van der Waals surface area contributed by atoms with E-state index in [2.05, 4.69) is 42.9 Å². The van der Waals surface area contributed by atoms with E-state index in [4.69, 9.17) is 4.98 Å². The van der Waals surface area contributed by atoms with Gasteiger partial charge >= 0.3 is 0 Å². The van der Waals surface area contributed by atoms with E-state index in [0.29, 0.717) is 0 Å². The number of H-pyrrole nitrogens is 1. The summed E-state index contributed by atoms with van der Waals surface area (Å²) >= 11 is 3.60. The number of benzene rings is 1. The van der Waals surface area contributed by atoms with Crippen molar-refractivity contribution in [3.8, 4) is 11.4 Å². The molecule has 1 aromatic carbocycles. The zero-order valence-corrected chi connectivity index (χ0v) is 12.5. The maximum Gasteiger partial charge on any atom is 0.143 e. The first-order valence-corrected chi connectivity index (χ1v) is 6.94. The molecule has 0 saturated carbocycles. The van der Waals surface area contributed by atoms with Crippen LogP contribution >= 0.6 is 15.9 Å². The van der Waals surface area contributed by atoms with Gasteiger partial charge in [-0.3, -0.25) is 0 Å². The van der Waals surface area contributed by atoms with Crippen LogP contribution in [0.5, 0.6) is 0 Å². The molecule has 2 N–H and O–H groups in total. The Morgan fingerprint density at radius 2 is 2.16 bits per heavy atom. The van der Waals surface area contributed by atoms with Gasteiger partial charge in [-0.05, 0) is 29.0 Å². The summed E-state index contributed by atoms with van der Waals surface area (Å²) < 4.78 is 3.09. The van der Waals surface area contributed by atoms with Crippen molar-refractivity contribution in [3.05, 3.63) is 40.8 Å². The molecule has 3 aromatic rings. The lowest BCUT2D eigenvalue weighted by molar-refractivity contribution is 0.788. The smallest absolute Gasteiger partial charge is 0.143 e. The van der Waals surface area contributed by atoms with Gasteiger partial charge in [0.25, 0.3) is 0 Å². The molecule has 0 unspecified atom stereocenters. The van der Waals surface area contributed by atoms with E-state index >= 15 is 0 Å². The highest BCUT2D eigenvalue weighted by Gasteiger charge is 2.16. The number of fused-ring (bicyclic) bond motifs is 1. The summed E-state index contributed by atoms with van der Waals surface area (Å²) in [5, 5.41) is 4.33. The molecule has 2 heterocycles. The summed E-state index contributed by atoms with van der Waals surface area (Å²) in [6.07, 6.45) is 2.02. The molecule has 4 nitrogen and oxygen atoms in total. The van der Waals surface area contributed by atoms with Gasteiger partial charge in [0.1, 0.15) is 10.4 Å². The van der Waals surface area contributed by atoms with Crippen LogP contribution in [-0.2, 0) is 13.6 Å². The first kappa shape index (κ1) is 12.4. The summed E-state index contributed by atoms with van der Waals surface area (Å²) in [7, 11) is 3.94. The Kier molecular flexibility index (Phi) is 3.16. The highest BCUT2D eigenvalue weighted by atomic mass is 79.9. The van der Waals surface area contributed by atoms with Crippen molar-refractivity contribution in [1.82, 2.24) is 19.9 Å². The Bertz CT molecular complexity index is 726. The number of para-hydroxylation sites is 1. The fraction of sp³-hybridized carbons (Fsp3) is 0.214. The van der Waals surface area contributed by atoms with Gasteiger partial charge in [0.2, 0.25) is 0 Å². The minimum absolute atomic E-state index is 0.747. The molecule has 3 rings (SSSR count). The monoisotopic (exact) mass is 318 g/mol. The van der Waals surface area contributed by atoms with Crippen LogP contribution in [0.1, 0.15) is 5.69 Å². The second kappa shape index (κ2) is 4.83. The normalized spacial score (nSPS) is 11.3. The van der Waals surface area contributed by atoms with Crippen LogP contribution in [0.2, 0.25) is 0 Å². The highest BCUT2D eigenvalue weighted by molar-refractivity contribution is 9.10. The lowest BCUT2D eigenvalue weighted by Gasteiger charge is -2.00. The standard InChI is InChI=1S/C14H15BrN4/c1-16-8-12-13(15)19(2)14(18-12)10-7-17-11-6-4-3-5-9(10)11/h3-7,16-17H,8H2,1-2H3. The molecule has 19 heavy (non-hydrogen) atoms. The Morgan fingerprint density at radius 3 is 2.95 bits per heavy atom. The number of nitrogens with one attached hydrogen (secondary N) is 2. The van der Waals surface area contributed by atoms with Crippen LogP contribution in [0, 0.1) is 0 Å². The van der Waals surface area contributed by atoms with Crippen LogP contribution in [0.3, 0.4) is 0 Å². The summed E-state index contributed by atoms with van der Waals surface area (Å²) in [6, 6.07) is 8.27. The van der Waals surface area contributed by atoms with Gasteiger partial charge in [-0.2, -0.15) is 0 Å². The lowest BCUT2D eigenvalue weighted by atomic mass is 10.1. The molecule has 5 heteroatoms. The molecule has 0 aliphatic rings. The zero-order valence-electron chi connectivity index (χ0n) is 10.9. The topological polar surface area (TPSA) is 45.6 Å². The van der Waals surface area contributed by atoms with Gasteiger partial charge in [-0.25, -0.2) is 4.98 Å². The number of nitrogens with zero attached hydrogens (tertiary/aromatic N) is 2. The number of imidazole rings is 1. The summed E-state index contributed by atoms with van der Waals surface area (Å²) in [6.45, 7) is 0.747. The number of aromatic nitrogens is 3. The largest absolute Gasteiger partial charge is 0.360 e. The minimum Gasteiger partial charge on any atom is -0.360 e. The Morgan fingerprint density at radius 1 is 1.37 bits per heavy atom. The second-order valence-corrected chi connectivity index (χ2v) is 5.26. The number of hydrogen-bond donors (Lipinski definition) is 2. The number of aromatic amines is 1. The molecule has 98 valence electrons. The van der Waals surface area contributed by atoms with Crippen molar-refractivity contribution in [3.63, 3.8) is 0 Å². The van der Waals surface area contributed by atoms with Crippen molar-refractivity contribution in [1.29, 1.82) is 0 Å². The number of hydrogen-bond acceptors (Lipinski definition) is 2. The second-order valence-electron chi connectivity index (χ2n) is 4.51. The Balaban J connectivity index is 2.19. The molecule has 0 atom stereocenters. The Hall–Kier alpha value is -1.59. The molecule has 0 bridgehead atoms. The van der Waals surface area contributed by atoms with Gasteiger partial charge in [0, 0.05) is 36.3 Å². The molecule has 0 aliphatic carbocycles. The van der Waals surface area contributed by atoms with E-state index in [0.717, 1.165) is 33.7 Å². The first-order valence-electron chi connectivity index (χ1n) is 6.14. The molecular weight excluding hydrogens is 304 g/mol. The average Bonchev–Trinajstić information content (AvgIpc) is 2.96. The number of halogens is 1. The molecule has 0 fully saturated rings.